The second-order valence-corrected chi connectivity index (χ2v) is 7.11. The van der Waals surface area contributed by atoms with Crippen molar-refractivity contribution >= 4 is 23.6 Å². The highest BCUT2D eigenvalue weighted by molar-refractivity contribution is 6.45. The molecule has 0 aliphatic carbocycles. The molecular formula is C21H23N3O4. The number of likely N-dealkylation sites (N-methyl/N-ethyl adjacent to an activating group) is 1. The first-order chi connectivity index (χ1) is 13.1. The first kappa shape index (κ1) is 19.5. The van der Waals surface area contributed by atoms with E-state index in [0.717, 1.165) is 38.0 Å². The van der Waals surface area contributed by atoms with E-state index in [4.69, 9.17) is 0 Å². The Bertz CT molecular complexity index is 999. The van der Waals surface area contributed by atoms with Gasteiger partial charge in [-0.1, -0.05) is 6.07 Å². The van der Waals surface area contributed by atoms with Crippen LogP contribution >= 0.6 is 0 Å². The van der Waals surface area contributed by atoms with E-state index in [1.54, 1.807) is 13.0 Å². The first-order valence-electron chi connectivity index (χ1n) is 9.13. The van der Waals surface area contributed by atoms with Crippen molar-refractivity contribution in [3.8, 4) is 5.69 Å². The predicted octanol–water partition coefficient (Wildman–Crippen LogP) is 2.70. The van der Waals surface area contributed by atoms with E-state index >= 15 is 0 Å². The van der Waals surface area contributed by atoms with Crippen LogP contribution in [-0.4, -0.2) is 51.1 Å². The average molecular weight is 381 g/mol. The molecule has 1 fully saturated rings. The molecule has 1 aliphatic rings. The smallest absolute Gasteiger partial charge is 0.318 e. The molecule has 0 bridgehead atoms. The number of aromatic nitrogens is 1. The number of aryl methyl sites for hydroxylation is 3. The molecule has 0 N–H and O–H groups in total. The highest BCUT2D eigenvalue weighted by atomic mass is 16.2. The van der Waals surface area contributed by atoms with Gasteiger partial charge >= 0.3 is 17.8 Å². The predicted molar refractivity (Wildman–Crippen MR) is 104 cm³/mol. The Morgan fingerprint density at radius 3 is 1.96 bits per heavy atom. The summed E-state index contributed by atoms with van der Waals surface area (Å²) in [5.74, 6) is -2.22. The van der Waals surface area contributed by atoms with Crippen molar-refractivity contribution in [1.82, 2.24) is 14.4 Å². The van der Waals surface area contributed by atoms with Crippen LogP contribution in [0, 0.1) is 27.7 Å². The van der Waals surface area contributed by atoms with Crippen molar-refractivity contribution in [1.29, 1.82) is 0 Å². The van der Waals surface area contributed by atoms with Gasteiger partial charge in [-0.15, -0.1) is 0 Å². The van der Waals surface area contributed by atoms with Gasteiger partial charge in [0.2, 0.25) is 0 Å². The second-order valence-electron chi connectivity index (χ2n) is 7.11. The largest absolute Gasteiger partial charge is 0.334 e. The van der Waals surface area contributed by atoms with Crippen molar-refractivity contribution in [3.63, 3.8) is 0 Å². The standard InChI is InChI=1S/C21H23N3O4/c1-6-22-19(26)20(27)23(21(22)28)11-18(25)17-10-14(4)24(15(17)5)16-8-12(2)7-13(3)9-16/h7-10H,6,11H2,1-5H3. The van der Waals surface area contributed by atoms with Gasteiger partial charge in [-0.2, -0.15) is 0 Å². The van der Waals surface area contributed by atoms with Gasteiger partial charge in [0.05, 0.1) is 6.54 Å². The van der Waals surface area contributed by atoms with Gasteiger partial charge in [-0.05, 0) is 63.9 Å². The average Bonchev–Trinajstić information content (AvgIpc) is 3.02. The van der Waals surface area contributed by atoms with Gasteiger partial charge in [0.15, 0.2) is 5.78 Å². The summed E-state index contributed by atoms with van der Waals surface area (Å²) in [7, 11) is 0. The van der Waals surface area contributed by atoms with Gasteiger partial charge in [-0.3, -0.25) is 19.3 Å². The number of urea groups is 1. The van der Waals surface area contributed by atoms with Crippen molar-refractivity contribution < 1.29 is 19.2 Å². The fraction of sp³-hybridized carbons (Fsp3) is 0.333. The van der Waals surface area contributed by atoms with Crippen LogP contribution < -0.4 is 0 Å². The number of imide groups is 2. The molecule has 1 aromatic heterocycles. The molecule has 0 atom stereocenters. The molecule has 7 heteroatoms. The molecular weight excluding hydrogens is 358 g/mol. The summed E-state index contributed by atoms with van der Waals surface area (Å²) in [5, 5.41) is 0. The molecule has 1 aromatic carbocycles. The van der Waals surface area contributed by atoms with Gasteiger partial charge in [-0.25, -0.2) is 9.69 Å². The number of benzene rings is 1. The van der Waals surface area contributed by atoms with Crippen LogP contribution in [-0.2, 0) is 9.59 Å². The van der Waals surface area contributed by atoms with Crippen LogP contribution in [0.15, 0.2) is 24.3 Å². The zero-order valence-corrected chi connectivity index (χ0v) is 16.7. The Labute approximate surface area is 163 Å². The minimum atomic E-state index is -0.955. The van der Waals surface area contributed by atoms with Gasteiger partial charge < -0.3 is 4.57 Å². The van der Waals surface area contributed by atoms with E-state index in [9.17, 15) is 19.2 Å². The van der Waals surface area contributed by atoms with E-state index in [1.807, 2.05) is 44.4 Å². The van der Waals surface area contributed by atoms with Crippen LogP contribution in [0.5, 0.6) is 0 Å². The molecule has 3 rings (SSSR count). The number of Topliss-reactive ketones (excluding diaryl/α,β-unsaturated/α-hetero) is 1. The number of ketones is 1. The maximum Gasteiger partial charge on any atom is 0.334 e. The van der Waals surface area contributed by atoms with Crippen LogP contribution in [0.25, 0.3) is 5.69 Å². The molecule has 1 aliphatic heterocycles. The van der Waals surface area contributed by atoms with Gasteiger partial charge in [0.1, 0.15) is 0 Å². The molecule has 0 radical (unpaired) electrons. The number of hydrogen-bond acceptors (Lipinski definition) is 4. The normalized spacial score (nSPS) is 14.4. The maximum absolute atomic E-state index is 12.9. The lowest BCUT2D eigenvalue weighted by Gasteiger charge is -2.14. The molecule has 146 valence electrons. The SMILES string of the molecule is CCN1C(=O)C(=O)N(CC(=O)c2cc(C)n(-c3cc(C)cc(C)c3)c2C)C1=O. The van der Waals surface area contributed by atoms with Gasteiger partial charge in [0, 0.05) is 29.2 Å². The Kier molecular flexibility index (Phi) is 4.93. The Morgan fingerprint density at radius 1 is 0.857 bits per heavy atom. The van der Waals surface area contributed by atoms with E-state index in [1.165, 1.54) is 0 Å². The maximum atomic E-state index is 12.9. The summed E-state index contributed by atoms with van der Waals surface area (Å²) in [4.78, 5) is 50.6. The zero-order valence-electron chi connectivity index (χ0n) is 16.7. The van der Waals surface area contributed by atoms with E-state index in [0.29, 0.717) is 5.56 Å². The molecule has 0 unspecified atom stereocenters. The third-order valence-electron chi connectivity index (χ3n) is 4.95. The molecule has 0 spiro atoms. The number of amides is 4. The van der Waals surface area contributed by atoms with Crippen molar-refractivity contribution in [2.75, 3.05) is 13.1 Å². The van der Waals surface area contributed by atoms with E-state index in [-0.39, 0.29) is 12.3 Å². The molecule has 7 nitrogen and oxygen atoms in total. The molecule has 4 amide bonds. The number of carbonyl (C=O) groups excluding carboxylic acids is 4. The van der Waals surface area contributed by atoms with Crippen molar-refractivity contribution in [2.45, 2.75) is 34.6 Å². The Balaban J connectivity index is 1.93. The zero-order chi connectivity index (χ0) is 20.7. The number of nitrogens with zero attached hydrogens (tertiary/aromatic N) is 3. The summed E-state index contributed by atoms with van der Waals surface area (Å²) < 4.78 is 1.98. The minimum Gasteiger partial charge on any atom is -0.318 e. The van der Waals surface area contributed by atoms with Gasteiger partial charge in [0.25, 0.3) is 0 Å². The third-order valence-corrected chi connectivity index (χ3v) is 4.95. The monoisotopic (exact) mass is 381 g/mol. The van der Waals surface area contributed by atoms with Crippen LogP contribution in [0.1, 0.15) is 39.8 Å². The van der Waals surface area contributed by atoms with E-state index in [2.05, 4.69) is 6.07 Å². The first-order valence-corrected chi connectivity index (χ1v) is 9.13. The summed E-state index contributed by atoms with van der Waals surface area (Å²) in [6, 6.07) is 7.15. The summed E-state index contributed by atoms with van der Waals surface area (Å²) in [6.45, 7) is 9.00. The lowest BCUT2D eigenvalue weighted by Crippen LogP contribution is -2.37. The number of carbonyl (C=O) groups is 4. The van der Waals surface area contributed by atoms with Crippen molar-refractivity contribution in [3.05, 3.63) is 52.3 Å². The molecule has 28 heavy (non-hydrogen) atoms. The summed E-state index contributed by atoms with van der Waals surface area (Å²) in [5.41, 5.74) is 5.21. The fourth-order valence-corrected chi connectivity index (χ4v) is 3.72. The van der Waals surface area contributed by atoms with Crippen LogP contribution in [0.3, 0.4) is 0 Å². The molecule has 1 saturated heterocycles. The number of hydrogen-bond donors (Lipinski definition) is 0. The van der Waals surface area contributed by atoms with Crippen LogP contribution in [0.2, 0.25) is 0 Å². The fourth-order valence-electron chi connectivity index (χ4n) is 3.72. The quantitative estimate of drug-likeness (QED) is 0.453. The Hall–Kier alpha value is -3.22. The molecule has 2 aromatic rings. The van der Waals surface area contributed by atoms with Crippen LogP contribution in [0.4, 0.5) is 4.79 Å². The minimum absolute atomic E-state index is 0.0926. The topological polar surface area (TPSA) is 79.7 Å². The van der Waals surface area contributed by atoms with Crippen molar-refractivity contribution in [2.24, 2.45) is 0 Å². The second kappa shape index (κ2) is 7.07. The highest BCUT2D eigenvalue weighted by Crippen LogP contribution is 2.24. The van der Waals surface area contributed by atoms with E-state index < -0.39 is 24.4 Å². The number of rotatable bonds is 5. The molecule has 0 saturated carbocycles. The lowest BCUT2D eigenvalue weighted by molar-refractivity contribution is -0.143. The third kappa shape index (κ3) is 3.13. The highest BCUT2D eigenvalue weighted by Gasteiger charge is 2.44. The molecule has 2 heterocycles. The summed E-state index contributed by atoms with van der Waals surface area (Å²) >= 11 is 0. The Morgan fingerprint density at radius 2 is 1.43 bits per heavy atom. The summed E-state index contributed by atoms with van der Waals surface area (Å²) in [6.07, 6.45) is 0. The lowest BCUT2D eigenvalue weighted by atomic mass is 10.1.